The summed E-state index contributed by atoms with van der Waals surface area (Å²) in [6.07, 6.45) is 3.14. The molecule has 1 aromatic heterocycles. The molecular weight excluding hydrogens is 428 g/mol. The van der Waals surface area contributed by atoms with E-state index < -0.39 is 0 Å². The summed E-state index contributed by atoms with van der Waals surface area (Å²) >= 11 is 1.57. The maximum absolute atomic E-state index is 13.4. The van der Waals surface area contributed by atoms with Crippen LogP contribution in [0.15, 0.2) is 54.6 Å². The van der Waals surface area contributed by atoms with E-state index in [0.29, 0.717) is 16.5 Å². The van der Waals surface area contributed by atoms with Gasteiger partial charge in [-0.25, -0.2) is 0 Å². The molecule has 172 valence electrons. The van der Waals surface area contributed by atoms with Gasteiger partial charge in [0.15, 0.2) is 0 Å². The largest absolute Gasteiger partial charge is 0.322 e. The summed E-state index contributed by atoms with van der Waals surface area (Å²) in [6, 6.07) is 17.5. The predicted molar refractivity (Wildman–Crippen MR) is 137 cm³/mol. The van der Waals surface area contributed by atoms with E-state index in [1.807, 2.05) is 61.5 Å². The van der Waals surface area contributed by atoms with E-state index in [1.165, 1.54) is 4.88 Å². The normalized spacial score (nSPS) is 15.6. The van der Waals surface area contributed by atoms with Crippen LogP contribution in [-0.4, -0.2) is 11.8 Å². The highest BCUT2D eigenvalue weighted by atomic mass is 32.1. The Morgan fingerprint density at radius 3 is 2.48 bits per heavy atom. The molecule has 0 saturated carbocycles. The lowest BCUT2D eigenvalue weighted by Gasteiger charge is -2.33. The van der Waals surface area contributed by atoms with Gasteiger partial charge in [0.05, 0.1) is 12.0 Å². The molecule has 4 rings (SSSR count). The minimum absolute atomic E-state index is 0.100. The molecule has 0 radical (unpaired) electrons. The molecule has 0 saturated heterocycles. The van der Waals surface area contributed by atoms with Gasteiger partial charge in [0.25, 0.3) is 5.91 Å². The number of hydrogen-bond acceptors (Lipinski definition) is 3. The molecule has 1 unspecified atom stereocenters. The fraction of sp³-hybridized carbons (Fsp3) is 0.357. The van der Waals surface area contributed by atoms with Gasteiger partial charge >= 0.3 is 0 Å². The number of benzene rings is 2. The third kappa shape index (κ3) is 5.53. The molecule has 1 atom stereocenters. The number of amides is 2. The molecule has 1 heterocycles. The third-order valence-electron chi connectivity index (χ3n) is 6.45. The van der Waals surface area contributed by atoms with E-state index in [-0.39, 0.29) is 23.7 Å². The molecule has 0 aliphatic heterocycles. The zero-order valence-corrected chi connectivity index (χ0v) is 20.6. The van der Waals surface area contributed by atoms with E-state index in [2.05, 4.69) is 31.4 Å². The minimum atomic E-state index is -0.151. The van der Waals surface area contributed by atoms with Crippen LogP contribution in [0.5, 0.6) is 0 Å². The summed E-state index contributed by atoms with van der Waals surface area (Å²) in [5.74, 6) is 0.309. The first-order chi connectivity index (χ1) is 15.7. The molecule has 33 heavy (non-hydrogen) atoms. The van der Waals surface area contributed by atoms with Gasteiger partial charge in [-0.3, -0.25) is 9.59 Å². The monoisotopic (exact) mass is 460 g/mol. The average molecular weight is 461 g/mol. The van der Waals surface area contributed by atoms with Crippen molar-refractivity contribution >= 4 is 33.8 Å². The van der Waals surface area contributed by atoms with Crippen molar-refractivity contribution in [2.24, 2.45) is 11.3 Å². The maximum Gasteiger partial charge on any atom is 0.258 e. The number of carbonyl (C=O) groups is 2. The number of fused-ring (bicyclic) bond motifs is 1. The zero-order chi connectivity index (χ0) is 23.6. The fourth-order valence-electron chi connectivity index (χ4n) is 4.52. The standard InChI is InChI=1S/C28H32N2O2S/c1-18-9-8-12-21(15-18)29-26(32)25-22-14-13-20(28(2,3)4)17-23(22)33-27(25)30-24(31)16-19-10-6-5-7-11-19/h5-12,15,20H,13-14,16-17H2,1-4H3,(H,29,32)(H,30,31). The number of aryl methyl sites for hydroxylation is 1. The van der Waals surface area contributed by atoms with Gasteiger partial charge < -0.3 is 10.6 Å². The lowest BCUT2D eigenvalue weighted by molar-refractivity contribution is -0.115. The van der Waals surface area contributed by atoms with Gasteiger partial charge in [0.2, 0.25) is 5.91 Å². The molecule has 2 aromatic carbocycles. The van der Waals surface area contributed by atoms with Crippen molar-refractivity contribution in [2.45, 2.75) is 53.4 Å². The summed E-state index contributed by atoms with van der Waals surface area (Å²) < 4.78 is 0. The second-order valence-electron chi connectivity index (χ2n) is 10.0. The molecule has 1 aliphatic carbocycles. The summed E-state index contributed by atoms with van der Waals surface area (Å²) in [5, 5.41) is 6.79. The maximum atomic E-state index is 13.4. The minimum Gasteiger partial charge on any atom is -0.322 e. The first kappa shape index (κ1) is 23.2. The molecule has 2 N–H and O–H groups in total. The molecule has 2 amide bonds. The van der Waals surface area contributed by atoms with E-state index in [0.717, 1.165) is 41.6 Å². The van der Waals surface area contributed by atoms with Crippen molar-refractivity contribution < 1.29 is 9.59 Å². The van der Waals surface area contributed by atoms with Crippen LogP contribution in [0.1, 0.15) is 59.1 Å². The van der Waals surface area contributed by atoms with E-state index in [4.69, 9.17) is 0 Å². The van der Waals surface area contributed by atoms with Gasteiger partial charge in [0.1, 0.15) is 5.00 Å². The smallest absolute Gasteiger partial charge is 0.258 e. The van der Waals surface area contributed by atoms with Crippen molar-refractivity contribution in [3.63, 3.8) is 0 Å². The molecular formula is C28H32N2O2S. The van der Waals surface area contributed by atoms with E-state index in [9.17, 15) is 9.59 Å². The van der Waals surface area contributed by atoms with Crippen LogP contribution in [0.2, 0.25) is 0 Å². The third-order valence-corrected chi connectivity index (χ3v) is 7.62. The Bertz CT molecular complexity index is 1160. The molecule has 0 bridgehead atoms. The fourth-order valence-corrected chi connectivity index (χ4v) is 5.86. The highest BCUT2D eigenvalue weighted by Gasteiger charge is 2.34. The van der Waals surface area contributed by atoms with Crippen LogP contribution in [-0.2, 0) is 24.1 Å². The van der Waals surface area contributed by atoms with Crippen LogP contribution in [0.25, 0.3) is 0 Å². The number of thiophene rings is 1. The highest BCUT2D eigenvalue weighted by molar-refractivity contribution is 7.17. The Labute approximate surface area is 200 Å². The van der Waals surface area contributed by atoms with Gasteiger partial charge in [-0.1, -0.05) is 63.2 Å². The number of nitrogens with one attached hydrogen (secondary N) is 2. The Morgan fingerprint density at radius 1 is 1.03 bits per heavy atom. The summed E-state index contributed by atoms with van der Waals surface area (Å²) in [5.41, 5.74) is 4.75. The van der Waals surface area contributed by atoms with Crippen LogP contribution in [0.4, 0.5) is 10.7 Å². The number of carbonyl (C=O) groups excluding carboxylic acids is 2. The second-order valence-corrected chi connectivity index (χ2v) is 11.2. The summed E-state index contributed by atoms with van der Waals surface area (Å²) in [6.45, 7) is 8.85. The Hall–Kier alpha value is -2.92. The Kier molecular flexibility index (Phi) is 6.71. The molecule has 4 nitrogen and oxygen atoms in total. The predicted octanol–water partition coefficient (Wildman–Crippen LogP) is 6.64. The summed E-state index contributed by atoms with van der Waals surface area (Å²) in [7, 11) is 0. The van der Waals surface area contributed by atoms with Crippen molar-refractivity contribution in [1.29, 1.82) is 0 Å². The lowest BCUT2D eigenvalue weighted by atomic mass is 9.72. The SMILES string of the molecule is Cc1cccc(NC(=O)c2c(NC(=O)Cc3ccccc3)sc3c2CCC(C(C)(C)C)C3)c1. The number of hydrogen-bond donors (Lipinski definition) is 2. The van der Waals surface area contributed by atoms with Gasteiger partial charge in [-0.05, 0) is 66.3 Å². The molecule has 5 heteroatoms. The Morgan fingerprint density at radius 2 is 1.79 bits per heavy atom. The summed E-state index contributed by atoms with van der Waals surface area (Å²) in [4.78, 5) is 27.5. The molecule has 1 aliphatic rings. The number of rotatable bonds is 5. The first-order valence-electron chi connectivity index (χ1n) is 11.6. The number of anilines is 2. The molecule has 3 aromatic rings. The van der Waals surface area contributed by atoms with Crippen molar-refractivity contribution in [2.75, 3.05) is 10.6 Å². The first-order valence-corrected chi connectivity index (χ1v) is 12.4. The van der Waals surface area contributed by atoms with Crippen LogP contribution < -0.4 is 10.6 Å². The van der Waals surface area contributed by atoms with E-state index in [1.54, 1.807) is 11.3 Å². The van der Waals surface area contributed by atoms with Crippen LogP contribution in [0, 0.1) is 18.3 Å². The van der Waals surface area contributed by atoms with Crippen LogP contribution in [0.3, 0.4) is 0 Å². The van der Waals surface area contributed by atoms with Gasteiger partial charge in [-0.2, -0.15) is 0 Å². The van der Waals surface area contributed by atoms with Gasteiger partial charge in [-0.15, -0.1) is 11.3 Å². The van der Waals surface area contributed by atoms with Crippen molar-refractivity contribution in [1.82, 2.24) is 0 Å². The second kappa shape index (κ2) is 9.52. The Balaban J connectivity index is 1.63. The average Bonchev–Trinajstić information content (AvgIpc) is 3.10. The van der Waals surface area contributed by atoms with Gasteiger partial charge in [0, 0.05) is 10.6 Å². The molecule has 0 spiro atoms. The quantitative estimate of drug-likeness (QED) is 0.448. The van der Waals surface area contributed by atoms with Crippen molar-refractivity contribution in [3.05, 3.63) is 81.7 Å². The molecule has 0 fully saturated rings. The van der Waals surface area contributed by atoms with Crippen LogP contribution >= 0.6 is 11.3 Å². The van der Waals surface area contributed by atoms with Crippen molar-refractivity contribution in [3.8, 4) is 0 Å². The zero-order valence-electron chi connectivity index (χ0n) is 19.8. The lowest BCUT2D eigenvalue weighted by Crippen LogP contribution is -2.27. The van der Waals surface area contributed by atoms with E-state index >= 15 is 0 Å². The highest BCUT2D eigenvalue weighted by Crippen LogP contribution is 2.44. The topological polar surface area (TPSA) is 58.2 Å².